The highest BCUT2D eigenvalue weighted by Gasteiger charge is 2.56. The van der Waals surface area contributed by atoms with Gasteiger partial charge in [0.1, 0.15) is 11.8 Å². The molecule has 40 heavy (non-hydrogen) atoms. The topological polar surface area (TPSA) is 88.5 Å². The first-order valence-electron chi connectivity index (χ1n) is 12.1. The van der Waals surface area contributed by atoms with Gasteiger partial charge in [0, 0.05) is 31.0 Å². The third-order valence-electron chi connectivity index (χ3n) is 6.77. The molecule has 0 saturated carbocycles. The predicted octanol–water partition coefficient (Wildman–Crippen LogP) is 6.41. The van der Waals surface area contributed by atoms with Crippen molar-refractivity contribution in [3.63, 3.8) is 0 Å². The van der Waals surface area contributed by atoms with Crippen LogP contribution in [-0.4, -0.2) is 27.5 Å². The van der Waals surface area contributed by atoms with Gasteiger partial charge in [0.15, 0.2) is 0 Å². The van der Waals surface area contributed by atoms with Crippen LogP contribution >= 0.6 is 62.2 Å². The number of anilines is 2. The molecule has 1 aromatic heterocycles. The van der Waals surface area contributed by atoms with E-state index in [-0.39, 0.29) is 23.2 Å². The molecule has 0 aliphatic carbocycles. The molecule has 3 amide bonds. The third-order valence-corrected chi connectivity index (χ3v) is 10.4. The highest BCUT2D eigenvalue weighted by atomic mass is 79.9. The average molecular weight is 675 g/mol. The van der Waals surface area contributed by atoms with Crippen molar-refractivity contribution in [1.82, 2.24) is 4.57 Å². The third kappa shape index (κ3) is 4.92. The van der Waals surface area contributed by atoms with Gasteiger partial charge in [-0.05, 0) is 66.2 Å². The van der Waals surface area contributed by atoms with E-state index in [0.29, 0.717) is 31.3 Å². The van der Waals surface area contributed by atoms with Gasteiger partial charge < -0.3 is 5.32 Å². The van der Waals surface area contributed by atoms with Crippen molar-refractivity contribution in [1.29, 1.82) is 0 Å². The van der Waals surface area contributed by atoms with Crippen LogP contribution in [-0.2, 0) is 20.9 Å². The summed E-state index contributed by atoms with van der Waals surface area (Å²) in [7, 11) is 0. The fraction of sp³-hybridized carbons (Fsp3) is 0.143. The Morgan fingerprint density at radius 2 is 1.60 bits per heavy atom. The Bertz CT molecular complexity index is 1720. The van der Waals surface area contributed by atoms with Crippen molar-refractivity contribution in [2.75, 3.05) is 10.2 Å². The van der Waals surface area contributed by atoms with E-state index in [2.05, 4.69) is 21.2 Å². The lowest BCUT2D eigenvalue weighted by Gasteiger charge is -2.30. The van der Waals surface area contributed by atoms with Crippen LogP contribution in [0.4, 0.5) is 11.4 Å². The molecule has 202 valence electrons. The number of rotatable bonds is 5. The minimum absolute atomic E-state index is 0.244. The van der Waals surface area contributed by atoms with E-state index < -0.39 is 23.0 Å². The minimum atomic E-state index is -0.778. The Kier molecular flexibility index (Phi) is 7.39. The SMILES string of the molecule is O=C(Cn1c2c(sc1=O)[C@H](c1cccc(Br)c1)C1C(=O)N(c3ccc(Cl)cc3)C(=O)C1S2)Nc1ccc(Cl)cc1. The van der Waals surface area contributed by atoms with Gasteiger partial charge in [-0.3, -0.25) is 23.7 Å². The van der Waals surface area contributed by atoms with E-state index >= 15 is 0 Å². The molecule has 4 aromatic rings. The molecular formula is C28H18BrCl2N3O4S2. The number of imide groups is 1. The van der Waals surface area contributed by atoms with Gasteiger partial charge in [0.2, 0.25) is 17.7 Å². The first kappa shape index (κ1) is 27.3. The lowest BCUT2D eigenvalue weighted by molar-refractivity contribution is -0.122. The maximum atomic E-state index is 13.9. The summed E-state index contributed by atoms with van der Waals surface area (Å²) in [6, 6.07) is 20.7. The molecule has 6 rings (SSSR count). The Labute approximate surface area is 255 Å². The summed E-state index contributed by atoms with van der Waals surface area (Å²) >= 11 is 17.7. The molecule has 0 bridgehead atoms. The zero-order valence-electron chi connectivity index (χ0n) is 20.3. The first-order valence-corrected chi connectivity index (χ1v) is 15.3. The molecule has 0 spiro atoms. The monoisotopic (exact) mass is 673 g/mol. The summed E-state index contributed by atoms with van der Waals surface area (Å²) in [6.45, 7) is -0.244. The van der Waals surface area contributed by atoms with Gasteiger partial charge >= 0.3 is 4.87 Å². The van der Waals surface area contributed by atoms with E-state index in [1.165, 1.54) is 21.2 Å². The van der Waals surface area contributed by atoms with Crippen molar-refractivity contribution < 1.29 is 14.4 Å². The molecular weight excluding hydrogens is 657 g/mol. The van der Waals surface area contributed by atoms with Crippen molar-refractivity contribution >= 4 is 91.3 Å². The molecule has 7 nitrogen and oxygen atoms in total. The van der Waals surface area contributed by atoms with Crippen LogP contribution in [0.2, 0.25) is 10.0 Å². The van der Waals surface area contributed by atoms with E-state index in [0.717, 1.165) is 21.4 Å². The van der Waals surface area contributed by atoms with E-state index in [9.17, 15) is 19.2 Å². The number of aromatic nitrogens is 1. The normalized spacial score (nSPS) is 19.9. The van der Waals surface area contributed by atoms with Crippen LogP contribution in [0.25, 0.3) is 0 Å². The highest BCUT2D eigenvalue weighted by molar-refractivity contribution is 9.10. The number of fused-ring (bicyclic) bond motifs is 2. The van der Waals surface area contributed by atoms with Crippen molar-refractivity contribution in [2.24, 2.45) is 5.92 Å². The number of nitrogens with zero attached hydrogens (tertiary/aromatic N) is 2. The standard InChI is InChI=1S/C28H18BrCl2N3O4S2/c29-15-3-1-2-14(12-15)21-22-23(26(37)34(25(22)36)19-10-6-17(31)7-11-19)39-27-24(21)40-28(38)33(27)13-20(35)32-18-8-4-16(30)5-9-18/h1-12,21-23H,13H2,(H,32,35)/t21-,22?,23?/m1/s1. The number of halogens is 3. The van der Waals surface area contributed by atoms with E-state index in [1.54, 1.807) is 48.5 Å². The molecule has 3 aromatic carbocycles. The van der Waals surface area contributed by atoms with Gasteiger partial charge in [-0.15, -0.1) is 0 Å². The molecule has 1 N–H and O–H groups in total. The van der Waals surface area contributed by atoms with Crippen LogP contribution in [0.15, 0.2) is 87.1 Å². The van der Waals surface area contributed by atoms with Crippen molar-refractivity contribution in [2.45, 2.75) is 22.7 Å². The second-order valence-electron chi connectivity index (χ2n) is 9.26. The lowest BCUT2D eigenvalue weighted by atomic mass is 9.83. The Morgan fingerprint density at radius 3 is 2.27 bits per heavy atom. The molecule has 2 aliphatic heterocycles. The van der Waals surface area contributed by atoms with Crippen LogP contribution in [0.3, 0.4) is 0 Å². The fourth-order valence-corrected chi connectivity index (χ4v) is 8.48. The highest BCUT2D eigenvalue weighted by Crippen LogP contribution is 2.54. The average Bonchev–Trinajstić information content (AvgIpc) is 3.36. The van der Waals surface area contributed by atoms with Crippen LogP contribution < -0.4 is 15.1 Å². The number of hydrogen-bond donors (Lipinski definition) is 1. The Morgan fingerprint density at radius 1 is 0.925 bits per heavy atom. The summed E-state index contributed by atoms with van der Waals surface area (Å²) in [4.78, 5) is 55.4. The first-order chi connectivity index (χ1) is 19.2. The quantitative estimate of drug-likeness (QED) is 0.247. The largest absolute Gasteiger partial charge is 0.325 e. The van der Waals surface area contributed by atoms with Crippen molar-refractivity contribution in [3.8, 4) is 0 Å². The summed E-state index contributed by atoms with van der Waals surface area (Å²) in [6.07, 6.45) is 0. The molecule has 12 heteroatoms. The summed E-state index contributed by atoms with van der Waals surface area (Å²) in [5, 5.41) is 3.55. The molecule has 2 aliphatic rings. The lowest BCUT2D eigenvalue weighted by Crippen LogP contribution is -2.33. The van der Waals surface area contributed by atoms with Gasteiger partial charge in [0.05, 0.1) is 16.6 Å². The van der Waals surface area contributed by atoms with Gasteiger partial charge in [-0.2, -0.15) is 0 Å². The Balaban J connectivity index is 1.41. The van der Waals surface area contributed by atoms with Gasteiger partial charge in [-0.1, -0.05) is 74.4 Å². The van der Waals surface area contributed by atoms with Crippen LogP contribution in [0, 0.1) is 5.92 Å². The number of thioether (sulfide) groups is 1. The maximum absolute atomic E-state index is 13.9. The number of benzene rings is 3. The predicted molar refractivity (Wildman–Crippen MR) is 162 cm³/mol. The summed E-state index contributed by atoms with van der Waals surface area (Å²) in [5.41, 5.74) is 1.77. The molecule has 3 heterocycles. The zero-order chi connectivity index (χ0) is 28.1. The van der Waals surface area contributed by atoms with Crippen LogP contribution in [0.5, 0.6) is 0 Å². The second kappa shape index (κ2) is 10.8. The summed E-state index contributed by atoms with van der Waals surface area (Å²) in [5.74, 6) is -2.39. The number of nitrogens with one attached hydrogen (secondary N) is 1. The summed E-state index contributed by atoms with van der Waals surface area (Å²) < 4.78 is 2.20. The minimum Gasteiger partial charge on any atom is -0.325 e. The fourth-order valence-electron chi connectivity index (χ4n) is 5.04. The molecule has 2 unspecified atom stereocenters. The van der Waals surface area contributed by atoms with Crippen molar-refractivity contribution in [3.05, 3.63) is 107 Å². The number of thiazole rings is 1. The number of amides is 3. The van der Waals surface area contributed by atoms with E-state index in [1.807, 2.05) is 24.3 Å². The zero-order valence-corrected chi connectivity index (χ0v) is 25.1. The van der Waals surface area contributed by atoms with Crippen LogP contribution in [0.1, 0.15) is 16.4 Å². The van der Waals surface area contributed by atoms with Gasteiger partial charge in [0.25, 0.3) is 0 Å². The van der Waals surface area contributed by atoms with E-state index in [4.69, 9.17) is 23.2 Å². The molecule has 1 fully saturated rings. The smallest absolute Gasteiger partial charge is 0.308 e. The number of hydrogen-bond acceptors (Lipinski definition) is 6. The number of carbonyl (C=O) groups is 3. The second-order valence-corrected chi connectivity index (χ2v) is 13.2. The maximum Gasteiger partial charge on any atom is 0.308 e. The molecule has 3 atom stereocenters. The molecule has 0 radical (unpaired) electrons. The molecule has 1 saturated heterocycles. The number of carbonyl (C=O) groups excluding carboxylic acids is 3. The van der Waals surface area contributed by atoms with Gasteiger partial charge in [-0.25, -0.2) is 4.90 Å². The Hall–Kier alpha value is -2.89.